The Morgan fingerprint density at radius 2 is 1.73 bits per heavy atom. The molecule has 0 aromatic heterocycles. The summed E-state index contributed by atoms with van der Waals surface area (Å²) in [4.78, 5) is 0. The number of benzene rings is 1. The van der Waals surface area contributed by atoms with E-state index in [0.29, 0.717) is 12.1 Å². The zero-order chi connectivity index (χ0) is 11.6. The molecular weight excluding hydrogens is 219 g/mol. The van der Waals surface area contributed by atoms with E-state index in [4.69, 9.17) is 5.11 Å². The van der Waals surface area contributed by atoms with Gasteiger partial charge in [-0.25, -0.2) is 8.78 Å². The first-order valence-electron chi connectivity index (χ1n) is 4.02. The van der Waals surface area contributed by atoms with Gasteiger partial charge in [0.25, 0.3) is 0 Å². The Kier molecular flexibility index (Phi) is 3.28. The highest BCUT2D eigenvalue weighted by atomic mass is 19.4. The molecule has 15 heavy (non-hydrogen) atoms. The van der Waals surface area contributed by atoms with E-state index < -0.39 is 30.0 Å². The van der Waals surface area contributed by atoms with Crippen LogP contribution in [0.4, 0.5) is 22.0 Å². The van der Waals surface area contributed by atoms with Gasteiger partial charge in [-0.15, -0.1) is 0 Å². The Labute approximate surface area is 82.1 Å². The summed E-state index contributed by atoms with van der Waals surface area (Å²) in [5.74, 6) is -3.47. The van der Waals surface area contributed by atoms with E-state index in [-0.39, 0.29) is 12.0 Å². The van der Waals surface area contributed by atoms with Gasteiger partial charge in [-0.2, -0.15) is 13.2 Å². The van der Waals surface area contributed by atoms with Crippen molar-refractivity contribution >= 4 is 0 Å². The Hall–Kier alpha value is -1.17. The van der Waals surface area contributed by atoms with Gasteiger partial charge >= 0.3 is 6.18 Å². The monoisotopic (exact) mass is 226 g/mol. The fraction of sp³-hybridized carbons (Fsp3) is 0.333. The molecular formula is C9H7F5O. The smallest absolute Gasteiger partial charge is 0.396 e. The summed E-state index contributed by atoms with van der Waals surface area (Å²) < 4.78 is 62.0. The number of hydrogen-bond acceptors (Lipinski definition) is 1. The molecule has 0 amide bonds. The first-order chi connectivity index (χ1) is 6.86. The van der Waals surface area contributed by atoms with Crippen molar-refractivity contribution in [3.8, 4) is 0 Å². The van der Waals surface area contributed by atoms with E-state index in [1.807, 2.05) is 0 Å². The van der Waals surface area contributed by atoms with Crippen LogP contribution in [0.3, 0.4) is 0 Å². The van der Waals surface area contributed by atoms with Crippen LogP contribution in [0.15, 0.2) is 12.1 Å². The van der Waals surface area contributed by atoms with Gasteiger partial charge in [-0.05, 0) is 24.1 Å². The van der Waals surface area contributed by atoms with Gasteiger partial charge in [-0.3, -0.25) is 0 Å². The maximum absolute atomic E-state index is 12.8. The molecule has 1 nitrogen and oxygen atoms in total. The molecule has 0 aliphatic heterocycles. The minimum Gasteiger partial charge on any atom is -0.396 e. The number of alkyl halides is 3. The van der Waals surface area contributed by atoms with Crippen molar-refractivity contribution in [1.82, 2.24) is 0 Å². The van der Waals surface area contributed by atoms with E-state index in [2.05, 4.69) is 0 Å². The predicted molar refractivity (Wildman–Crippen MR) is 42.1 cm³/mol. The average Bonchev–Trinajstić information content (AvgIpc) is 2.09. The molecule has 0 aliphatic rings. The summed E-state index contributed by atoms with van der Waals surface area (Å²) in [6, 6.07) is 1.13. The van der Waals surface area contributed by atoms with Crippen molar-refractivity contribution < 1.29 is 27.1 Å². The molecule has 1 aromatic rings. The Balaban J connectivity index is 3.25. The lowest BCUT2D eigenvalue weighted by atomic mass is 10.1. The summed E-state index contributed by atoms with van der Waals surface area (Å²) >= 11 is 0. The summed E-state index contributed by atoms with van der Waals surface area (Å²) in [5, 5.41) is 8.48. The summed E-state index contributed by atoms with van der Waals surface area (Å²) in [5.41, 5.74) is -1.74. The van der Waals surface area contributed by atoms with Crippen LogP contribution in [0.5, 0.6) is 0 Å². The van der Waals surface area contributed by atoms with Crippen LogP contribution < -0.4 is 0 Å². The van der Waals surface area contributed by atoms with Gasteiger partial charge in [-0.1, -0.05) is 0 Å². The van der Waals surface area contributed by atoms with Crippen LogP contribution in [-0.4, -0.2) is 11.7 Å². The van der Waals surface area contributed by atoms with Crippen LogP contribution in [0, 0.1) is 11.6 Å². The maximum atomic E-state index is 12.8. The molecule has 84 valence electrons. The number of aliphatic hydroxyl groups is 1. The van der Waals surface area contributed by atoms with E-state index in [1.54, 1.807) is 0 Å². The standard InChI is InChI=1S/C9H7F5O/c10-7-4-5(1-2-15)3-6(8(7)11)9(12,13)14/h3-4,15H,1-2H2. The lowest BCUT2D eigenvalue weighted by Crippen LogP contribution is -2.11. The topological polar surface area (TPSA) is 20.2 Å². The van der Waals surface area contributed by atoms with E-state index >= 15 is 0 Å². The molecule has 1 N–H and O–H groups in total. The molecule has 6 heteroatoms. The van der Waals surface area contributed by atoms with E-state index in [9.17, 15) is 22.0 Å². The molecule has 0 saturated carbocycles. The zero-order valence-corrected chi connectivity index (χ0v) is 7.41. The Bertz CT molecular complexity index is 358. The molecule has 0 atom stereocenters. The van der Waals surface area contributed by atoms with Crippen molar-refractivity contribution in [3.63, 3.8) is 0 Å². The lowest BCUT2D eigenvalue weighted by molar-refractivity contribution is -0.140. The first-order valence-corrected chi connectivity index (χ1v) is 4.02. The summed E-state index contributed by atoms with van der Waals surface area (Å²) in [6.45, 7) is -0.428. The highest BCUT2D eigenvalue weighted by molar-refractivity contribution is 5.28. The molecule has 0 radical (unpaired) electrons. The molecule has 0 bridgehead atoms. The second kappa shape index (κ2) is 4.14. The minimum atomic E-state index is -4.93. The van der Waals surface area contributed by atoms with Gasteiger partial charge in [0.2, 0.25) is 0 Å². The number of halogens is 5. The quantitative estimate of drug-likeness (QED) is 0.768. The Morgan fingerprint density at radius 1 is 1.13 bits per heavy atom. The first kappa shape index (κ1) is 11.9. The largest absolute Gasteiger partial charge is 0.419 e. The van der Waals surface area contributed by atoms with Crippen LogP contribution in [0.2, 0.25) is 0 Å². The molecule has 0 unspecified atom stereocenters. The second-order valence-electron chi connectivity index (χ2n) is 2.91. The third-order valence-electron chi connectivity index (χ3n) is 1.79. The second-order valence-corrected chi connectivity index (χ2v) is 2.91. The van der Waals surface area contributed by atoms with Crippen molar-refractivity contribution in [2.24, 2.45) is 0 Å². The van der Waals surface area contributed by atoms with E-state index in [0.717, 1.165) is 0 Å². The minimum absolute atomic E-state index is 0.0938. The fourth-order valence-corrected chi connectivity index (χ4v) is 1.12. The molecule has 0 saturated heterocycles. The summed E-state index contributed by atoms with van der Waals surface area (Å²) in [6.07, 6.45) is -5.09. The molecule has 0 heterocycles. The van der Waals surface area contributed by atoms with Gasteiger partial charge in [0.05, 0.1) is 5.56 Å². The van der Waals surface area contributed by atoms with Crippen molar-refractivity contribution in [2.45, 2.75) is 12.6 Å². The molecule has 0 aliphatic carbocycles. The average molecular weight is 226 g/mol. The van der Waals surface area contributed by atoms with Gasteiger partial charge in [0, 0.05) is 6.61 Å². The fourth-order valence-electron chi connectivity index (χ4n) is 1.12. The third-order valence-corrected chi connectivity index (χ3v) is 1.79. The van der Waals surface area contributed by atoms with Gasteiger partial charge in [0.15, 0.2) is 11.6 Å². The predicted octanol–water partition coefficient (Wildman–Crippen LogP) is 2.52. The number of hydrogen-bond donors (Lipinski definition) is 1. The van der Waals surface area contributed by atoms with Gasteiger partial charge in [0.1, 0.15) is 0 Å². The zero-order valence-electron chi connectivity index (χ0n) is 7.41. The summed E-state index contributed by atoms with van der Waals surface area (Å²) in [7, 11) is 0. The molecule has 1 aromatic carbocycles. The SMILES string of the molecule is OCCc1cc(F)c(F)c(C(F)(F)F)c1. The third kappa shape index (κ3) is 2.65. The molecule has 1 rings (SSSR count). The maximum Gasteiger partial charge on any atom is 0.419 e. The normalized spacial score (nSPS) is 11.9. The highest BCUT2D eigenvalue weighted by Crippen LogP contribution is 2.33. The number of aliphatic hydroxyl groups excluding tert-OH is 1. The molecule has 0 fully saturated rings. The van der Waals surface area contributed by atoms with Crippen molar-refractivity contribution in [1.29, 1.82) is 0 Å². The molecule has 0 spiro atoms. The van der Waals surface area contributed by atoms with Crippen molar-refractivity contribution in [3.05, 3.63) is 34.9 Å². The van der Waals surface area contributed by atoms with E-state index in [1.165, 1.54) is 0 Å². The van der Waals surface area contributed by atoms with Crippen LogP contribution in [-0.2, 0) is 12.6 Å². The number of rotatable bonds is 2. The highest BCUT2D eigenvalue weighted by Gasteiger charge is 2.35. The van der Waals surface area contributed by atoms with Crippen molar-refractivity contribution in [2.75, 3.05) is 6.61 Å². The van der Waals surface area contributed by atoms with Crippen LogP contribution in [0.25, 0.3) is 0 Å². The van der Waals surface area contributed by atoms with Crippen LogP contribution >= 0.6 is 0 Å². The lowest BCUT2D eigenvalue weighted by Gasteiger charge is -2.10. The van der Waals surface area contributed by atoms with Crippen LogP contribution in [0.1, 0.15) is 11.1 Å². The van der Waals surface area contributed by atoms with Gasteiger partial charge < -0.3 is 5.11 Å². The Morgan fingerprint density at radius 3 is 2.20 bits per heavy atom.